The van der Waals surface area contributed by atoms with Gasteiger partial charge in [0.25, 0.3) is 0 Å². The smallest absolute Gasteiger partial charge is 0.434 e. The van der Waals surface area contributed by atoms with Crippen molar-refractivity contribution in [1.82, 2.24) is 9.80 Å². The van der Waals surface area contributed by atoms with Gasteiger partial charge >= 0.3 is 12.2 Å². The molecule has 0 N–H and O–H groups in total. The summed E-state index contributed by atoms with van der Waals surface area (Å²) in [5, 5.41) is 9.02. The molecule has 0 aromatic heterocycles. The van der Waals surface area contributed by atoms with Gasteiger partial charge in [0.15, 0.2) is 0 Å². The van der Waals surface area contributed by atoms with Gasteiger partial charge < -0.3 is 14.4 Å². The Morgan fingerprint density at radius 2 is 1.68 bits per heavy atom. The largest absolute Gasteiger partial charge is 0.444 e. The summed E-state index contributed by atoms with van der Waals surface area (Å²) in [6.45, 7) is 15.8. The first-order valence-electron chi connectivity index (χ1n) is 11.8. The molecule has 1 fully saturated rings. The second kappa shape index (κ2) is 11.5. The molecular formula is C26H38N4O4. The highest BCUT2D eigenvalue weighted by molar-refractivity contribution is 5.94. The minimum Gasteiger partial charge on any atom is -0.444 e. The molecular weight excluding hydrogens is 432 g/mol. The third kappa shape index (κ3) is 9.52. The second-order valence-corrected chi connectivity index (χ2v) is 10.7. The number of ether oxygens (including phenoxy) is 2. The summed E-state index contributed by atoms with van der Waals surface area (Å²) in [6.07, 6.45) is 0.212. The predicted molar refractivity (Wildman–Crippen MR) is 132 cm³/mol. The van der Waals surface area contributed by atoms with E-state index in [1.54, 1.807) is 17.0 Å². The molecule has 0 unspecified atom stereocenters. The molecule has 1 aliphatic heterocycles. The molecule has 1 saturated heterocycles. The molecule has 0 aliphatic carbocycles. The maximum atomic E-state index is 12.5. The van der Waals surface area contributed by atoms with Gasteiger partial charge in [-0.1, -0.05) is 12.1 Å². The number of nitrogens with zero attached hydrogens (tertiary/aromatic N) is 4. The van der Waals surface area contributed by atoms with Crippen LogP contribution in [0.4, 0.5) is 9.59 Å². The lowest BCUT2D eigenvalue weighted by molar-refractivity contribution is 0.00174. The van der Waals surface area contributed by atoms with Gasteiger partial charge in [-0.3, -0.25) is 4.90 Å². The number of nitriles is 1. The Morgan fingerprint density at radius 1 is 1.06 bits per heavy atom. The van der Waals surface area contributed by atoms with Crippen LogP contribution in [0.2, 0.25) is 0 Å². The molecule has 1 atom stereocenters. The van der Waals surface area contributed by atoms with Gasteiger partial charge in [-0.2, -0.15) is 10.3 Å². The number of aliphatic imine (C=N–C) groups is 1. The molecule has 2 rings (SSSR count). The van der Waals surface area contributed by atoms with Crippen molar-refractivity contribution in [3.63, 3.8) is 0 Å². The minimum absolute atomic E-state index is 0.0216. The Balaban J connectivity index is 2.03. The van der Waals surface area contributed by atoms with Gasteiger partial charge in [0.1, 0.15) is 11.2 Å². The van der Waals surface area contributed by atoms with E-state index in [4.69, 9.17) is 14.7 Å². The van der Waals surface area contributed by atoms with E-state index < -0.39 is 17.3 Å². The van der Waals surface area contributed by atoms with Crippen LogP contribution in [-0.2, 0) is 15.9 Å². The number of carbonyl (C=O) groups excluding carboxylic acids is 2. The van der Waals surface area contributed by atoms with E-state index in [0.717, 1.165) is 24.4 Å². The molecule has 0 bridgehead atoms. The molecule has 1 heterocycles. The van der Waals surface area contributed by atoms with Crippen molar-refractivity contribution < 1.29 is 19.1 Å². The minimum atomic E-state index is -0.617. The number of rotatable bonds is 5. The summed E-state index contributed by atoms with van der Waals surface area (Å²) in [7, 11) is 0. The van der Waals surface area contributed by atoms with Crippen molar-refractivity contribution in [3.05, 3.63) is 35.4 Å². The average molecular weight is 471 g/mol. The van der Waals surface area contributed by atoms with Gasteiger partial charge in [0.2, 0.25) is 0 Å². The second-order valence-electron chi connectivity index (χ2n) is 10.7. The summed E-state index contributed by atoms with van der Waals surface area (Å²) in [5.41, 5.74) is 1.15. The SMILES string of the molecule is C[C@@H]1CN(CC/C(Cc2ccc(C#N)cc2)=N\C(=O)OC(C)(C)C)CCN1C(=O)OC(C)(C)C. The van der Waals surface area contributed by atoms with Crippen LogP contribution < -0.4 is 0 Å². The van der Waals surface area contributed by atoms with Gasteiger partial charge in [0.05, 0.1) is 11.6 Å². The molecule has 186 valence electrons. The van der Waals surface area contributed by atoms with Crippen molar-refractivity contribution in [2.75, 3.05) is 26.2 Å². The lowest BCUT2D eigenvalue weighted by Crippen LogP contribution is -2.55. The zero-order valence-electron chi connectivity index (χ0n) is 21.6. The van der Waals surface area contributed by atoms with E-state index >= 15 is 0 Å². The maximum absolute atomic E-state index is 12.5. The Bertz CT molecular complexity index is 920. The molecule has 34 heavy (non-hydrogen) atoms. The fourth-order valence-corrected chi connectivity index (χ4v) is 3.65. The summed E-state index contributed by atoms with van der Waals surface area (Å²) in [6, 6.07) is 9.42. The van der Waals surface area contributed by atoms with E-state index in [9.17, 15) is 9.59 Å². The first kappa shape index (κ1) is 27.3. The summed E-state index contributed by atoms with van der Waals surface area (Å²) < 4.78 is 10.9. The third-order valence-corrected chi connectivity index (χ3v) is 5.19. The van der Waals surface area contributed by atoms with Crippen LogP contribution >= 0.6 is 0 Å². The molecule has 0 saturated carbocycles. The van der Waals surface area contributed by atoms with Gasteiger partial charge in [-0.05, 0) is 72.6 Å². The Labute approximate surface area is 203 Å². The number of amides is 2. The van der Waals surface area contributed by atoms with Crippen LogP contribution in [0.5, 0.6) is 0 Å². The standard InChI is InChI=1S/C26H38N4O4/c1-19-18-29(14-15-30(19)24(32)34-26(5,6)7)13-12-22(28-23(31)33-25(2,3)4)16-20-8-10-21(17-27)11-9-20/h8-11,19H,12-16,18H2,1-7H3/b28-22+/t19-/m1/s1. The van der Waals surface area contributed by atoms with Crippen LogP contribution in [0.1, 0.15) is 66.0 Å². The zero-order chi connectivity index (χ0) is 25.5. The molecule has 8 heteroatoms. The quantitative estimate of drug-likeness (QED) is 0.573. The van der Waals surface area contributed by atoms with Gasteiger partial charge in [0, 0.05) is 44.4 Å². The first-order chi connectivity index (χ1) is 15.8. The lowest BCUT2D eigenvalue weighted by atomic mass is 10.0. The van der Waals surface area contributed by atoms with Crippen molar-refractivity contribution in [3.8, 4) is 6.07 Å². The van der Waals surface area contributed by atoms with E-state index in [1.165, 1.54) is 0 Å². The Morgan fingerprint density at radius 3 is 2.21 bits per heavy atom. The predicted octanol–water partition coefficient (Wildman–Crippen LogP) is 4.81. The van der Waals surface area contributed by atoms with Crippen LogP contribution in [0.3, 0.4) is 0 Å². The summed E-state index contributed by atoms with van der Waals surface area (Å²) >= 11 is 0. The number of carbonyl (C=O) groups is 2. The molecule has 0 spiro atoms. The van der Waals surface area contributed by atoms with Gasteiger partial charge in [-0.15, -0.1) is 0 Å². The third-order valence-electron chi connectivity index (χ3n) is 5.19. The highest BCUT2D eigenvalue weighted by Gasteiger charge is 2.30. The Kier molecular flexibility index (Phi) is 9.22. The average Bonchev–Trinajstić information content (AvgIpc) is 2.70. The summed E-state index contributed by atoms with van der Waals surface area (Å²) in [4.78, 5) is 33.2. The fraction of sp³-hybridized carbons (Fsp3) is 0.615. The topological polar surface area (TPSA) is 95.2 Å². The number of piperazine rings is 1. The van der Waals surface area contributed by atoms with Crippen molar-refractivity contribution in [2.45, 2.75) is 78.6 Å². The van der Waals surface area contributed by atoms with Gasteiger partial charge in [-0.25, -0.2) is 9.59 Å². The van der Waals surface area contributed by atoms with E-state index in [2.05, 4.69) is 16.0 Å². The summed E-state index contributed by atoms with van der Waals surface area (Å²) in [5.74, 6) is 0. The Hall–Kier alpha value is -2.92. The van der Waals surface area contributed by atoms with Crippen LogP contribution in [-0.4, -0.2) is 71.1 Å². The van der Waals surface area contributed by atoms with E-state index in [0.29, 0.717) is 31.5 Å². The maximum Gasteiger partial charge on any atom is 0.434 e. The zero-order valence-corrected chi connectivity index (χ0v) is 21.6. The highest BCUT2D eigenvalue weighted by Crippen LogP contribution is 2.17. The van der Waals surface area contributed by atoms with Crippen LogP contribution in [0.15, 0.2) is 29.3 Å². The lowest BCUT2D eigenvalue weighted by Gasteiger charge is -2.40. The number of hydrogen-bond donors (Lipinski definition) is 0. The van der Waals surface area contributed by atoms with Crippen molar-refractivity contribution in [1.29, 1.82) is 5.26 Å². The van der Waals surface area contributed by atoms with Crippen LogP contribution in [0.25, 0.3) is 0 Å². The van der Waals surface area contributed by atoms with E-state index in [-0.39, 0.29) is 12.1 Å². The molecule has 1 aliphatic rings. The van der Waals surface area contributed by atoms with Crippen LogP contribution in [0, 0.1) is 11.3 Å². The molecule has 1 aromatic rings. The molecule has 0 radical (unpaired) electrons. The van der Waals surface area contributed by atoms with E-state index in [1.807, 2.05) is 60.6 Å². The number of benzene rings is 1. The first-order valence-corrected chi connectivity index (χ1v) is 11.8. The normalized spacial score (nSPS) is 17.8. The molecule has 2 amide bonds. The molecule has 1 aromatic carbocycles. The van der Waals surface area contributed by atoms with Crippen molar-refractivity contribution >= 4 is 17.9 Å². The monoisotopic (exact) mass is 470 g/mol. The molecule has 8 nitrogen and oxygen atoms in total. The highest BCUT2D eigenvalue weighted by atomic mass is 16.6. The van der Waals surface area contributed by atoms with Crippen molar-refractivity contribution in [2.24, 2.45) is 4.99 Å². The number of hydrogen-bond acceptors (Lipinski definition) is 6. The fourth-order valence-electron chi connectivity index (χ4n) is 3.65.